The Kier molecular flexibility index (Phi) is 4.86. The minimum Gasteiger partial charge on any atom is -0.493 e. The van der Waals surface area contributed by atoms with E-state index in [1.54, 1.807) is 19.2 Å². The van der Waals surface area contributed by atoms with Crippen LogP contribution in [0.4, 0.5) is 0 Å². The number of rotatable bonds is 6. The highest BCUT2D eigenvalue weighted by molar-refractivity contribution is 6.32. The number of hydrogen-bond donors (Lipinski definition) is 0. The molecule has 0 amide bonds. The zero-order valence-electron chi connectivity index (χ0n) is 13.2. The molecular weight excluding hydrogens is 332 g/mol. The number of hydrogen-bond acceptors (Lipinski definition) is 6. The maximum Gasteiger partial charge on any atom is 0.236 e. The standard InChI is InChI=1S/C17H15ClN2O4/c1-21-15-8-11(7-12(18)17(15)22-2)9-19-23-10-16-20-13-5-3-4-6-14(13)24-16/h3-9H,10H2,1-2H3/b19-9-. The molecular formula is C17H15ClN2O4. The van der Waals surface area contributed by atoms with Crippen LogP contribution in [0.5, 0.6) is 11.5 Å². The molecule has 7 heteroatoms. The van der Waals surface area contributed by atoms with Crippen molar-refractivity contribution in [1.82, 2.24) is 4.98 Å². The van der Waals surface area contributed by atoms with Gasteiger partial charge >= 0.3 is 0 Å². The summed E-state index contributed by atoms with van der Waals surface area (Å²) in [7, 11) is 3.07. The normalized spacial score (nSPS) is 11.1. The van der Waals surface area contributed by atoms with E-state index in [0.29, 0.717) is 28.0 Å². The van der Waals surface area contributed by atoms with E-state index >= 15 is 0 Å². The van der Waals surface area contributed by atoms with E-state index in [4.69, 9.17) is 30.3 Å². The van der Waals surface area contributed by atoms with Crippen LogP contribution in [0, 0.1) is 0 Å². The summed E-state index contributed by atoms with van der Waals surface area (Å²) in [5.74, 6) is 1.45. The molecule has 0 aliphatic rings. The third-order valence-corrected chi connectivity index (χ3v) is 3.54. The molecule has 0 aliphatic heterocycles. The topological polar surface area (TPSA) is 66.1 Å². The van der Waals surface area contributed by atoms with Crippen molar-refractivity contribution in [1.29, 1.82) is 0 Å². The third-order valence-electron chi connectivity index (χ3n) is 3.26. The van der Waals surface area contributed by atoms with Gasteiger partial charge in [-0.25, -0.2) is 4.98 Å². The van der Waals surface area contributed by atoms with Crippen molar-refractivity contribution >= 4 is 28.9 Å². The van der Waals surface area contributed by atoms with E-state index in [1.807, 2.05) is 24.3 Å². The summed E-state index contributed by atoms with van der Waals surface area (Å²) in [5, 5.41) is 4.33. The lowest BCUT2D eigenvalue weighted by atomic mass is 10.2. The molecule has 0 unspecified atom stereocenters. The van der Waals surface area contributed by atoms with Gasteiger partial charge in [-0.2, -0.15) is 0 Å². The van der Waals surface area contributed by atoms with E-state index in [2.05, 4.69) is 10.1 Å². The fourth-order valence-corrected chi connectivity index (χ4v) is 2.48. The molecule has 2 aromatic carbocycles. The second-order valence-electron chi connectivity index (χ2n) is 4.82. The van der Waals surface area contributed by atoms with Crippen LogP contribution in [-0.2, 0) is 11.4 Å². The SMILES string of the molecule is COc1cc(/C=N\OCc2nc3ccccc3o2)cc(Cl)c1OC. The van der Waals surface area contributed by atoms with Crippen LogP contribution in [-0.4, -0.2) is 25.4 Å². The van der Waals surface area contributed by atoms with Gasteiger partial charge in [-0.3, -0.25) is 0 Å². The minimum atomic E-state index is 0.131. The van der Waals surface area contributed by atoms with E-state index in [0.717, 1.165) is 11.1 Å². The summed E-state index contributed by atoms with van der Waals surface area (Å²) in [6.07, 6.45) is 1.52. The van der Waals surface area contributed by atoms with Crippen LogP contribution in [0.15, 0.2) is 46.0 Å². The number of halogens is 1. The average Bonchev–Trinajstić information content (AvgIpc) is 3.01. The minimum absolute atomic E-state index is 0.131. The molecule has 0 bridgehead atoms. The number of para-hydroxylation sites is 2. The fraction of sp³-hybridized carbons (Fsp3) is 0.176. The molecule has 0 fully saturated rings. The van der Waals surface area contributed by atoms with Gasteiger partial charge in [0.25, 0.3) is 0 Å². The Hall–Kier alpha value is -2.73. The van der Waals surface area contributed by atoms with Gasteiger partial charge in [0.1, 0.15) is 5.52 Å². The lowest BCUT2D eigenvalue weighted by molar-refractivity contribution is 0.113. The zero-order chi connectivity index (χ0) is 16.9. The van der Waals surface area contributed by atoms with E-state index in [1.165, 1.54) is 13.3 Å². The summed E-state index contributed by atoms with van der Waals surface area (Å²) in [6, 6.07) is 11.0. The molecule has 0 N–H and O–H groups in total. The molecule has 0 spiro atoms. The van der Waals surface area contributed by atoms with Crippen LogP contribution in [0.3, 0.4) is 0 Å². The summed E-state index contributed by atoms with van der Waals surface area (Å²) in [4.78, 5) is 9.52. The molecule has 3 aromatic rings. The lowest BCUT2D eigenvalue weighted by Crippen LogP contribution is -1.94. The number of benzene rings is 2. The largest absolute Gasteiger partial charge is 0.493 e. The monoisotopic (exact) mass is 346 g/mol. The second kappa shape index (κ2) is 7.23. The first-order valence-electron chi connectivity index (χ1n) is 7.12. The Morgan fingerprint density at radius 2 is 2.04 bits per heavy atom. The molecule has 0 radical (unpaired) electrons. The zero-order valence-corrected chi connectivity index (χ0v) is 13.9. The van der Waals surface area contributed by atoms with Crippen LogP contribution < -0.4 is 9.47 Å². The van der Waals surface area contributed by atoms with E-state index < -0.39 is 0 Å². The van der Waals surface area contributed by atoms with Gasteiger partial charge in [0.05, 0.1) is 25.5 Å². The molecule has 6 nitrogen and oxygen atoms in total. The lowest BCUT2D eigenvalue weighted by Gasteiger charge is -2.09. The smallest absolute Gasteiger partial charge is 0.236 e. The van der Waals surface area contributed by atoms with Crippen molar-refractivity contribution in [2.24, 2.45) is 5.16 Å². The number of oxazole rings is 1. The van der Waals surface area contributed by atoms with Crippen molar-refractivity contribution in [3.8, 4) is 11.5 Å². The predicted octanol–water partition coefficient (Wildman–Crippen LogP) is 4.05. The number of nitrogens with zero attached hydrogens (tertiary/aromatic N) is 2. The van der Waals surface area contributed by atoms with Gasteiger partial charge in [0.15, 0.2) is 23.7 Å². The quantitative estimate of drug-likeness (QED) is 0.497. The van der Waals surface area contributed by atoms with Crippen molar-refractivity contribution < 1.29 is 18.7 Å². The first kappa shape index (κ1) is 16.1. The molecule has 0 atom stereocenters. The first-order chi connectivity index (χ1) is 11.7. The summed E-state index contributed by atoms with van der Waals surface area (Å²) in [6.45, 7) is 0.131. The number of ether oxygens (including phenoxy) is 2. The number of fused-ring (bicyclic) bond motifs is 1. The molecule has 0 saturated heterocycles. The average molecular weight is 347 g/mol. The van der Waals surface area contributed by atoms with Gasteiger partial charge in [-0.1, -0.05) is 28.9 Å². The molecule has 24 heavy (non-hydrogen) atoms. The highest BCUT2D eigenvalue weighted by Crippen LogP contribution is 2.35. The van der Waals surface area contributed by atoms with Crippen molar-refractivity contribution in [2.45, 2.75) is 6.61 Å². The molecule has 1 aromatic heterocycles. The van der Waals surface area contributed by atoms with Crippen LogP contribution in [0.25, 0.3) is 11.1 Å². The molecule has 0 aliphatic carbocycles. The Balaban J connectivity index is 1.67. The Bertz CT molecular complexity index is 843. The van der Waals surface area contributed by atoms with Gasteiger partial charge in [-0.15, -0.1) is 0 Å². The Morgan fingerprint density at radius 1 is 1.21 bits per heavy atom. The van der Waals surface area contributed by atoms with Gasteiger partial charge in [-0.05, 0) is 24.3 Å². The molecule has 1 heterocycles. The molecule has 124 valence electrons. The number of aromatic nitrogens is 1. The second-order valence-corrected chi connectivity index (χ2v) is 5.23. The molecule has 0 saturated carbocycles. The van der Waals surface area contributed by atoms with Crippen LogP contribution in [0.2, 0.25) is 5.02 Å². The third kappa shape index (κ3) is 3.44. The van der Waals surface area contributed by atoms with Crippen LogP contribution >= 0.6 is 11.6 Å². The predicted molar refractivity (Wildman–Crippen MR) is 90.9 cm³/mol. The van der Waals surface area contributed by atoms with Crippen molar-refractivity contribution in [3.05, 3.63) is 52.9 Å². The highest BCUT2D eigenvalue weighted by atomic mass is 35.5. The van der Waals surface area contributed by atoms with Crippen molar-refractivity contribution in [2.75, 3.05) is 14.2 Å². The van der Waals surface area contributed by atoms with Gasteiger partial charge in [0.2, 0.25) is 5.89 Å². The van der Waals surface area contributed by atoms with Gasteiger partial charge < -0.3 is 18.7 Å². The maximum absolute atomic E-state index is 6.13. The maximum atomic E-state index is 6.13. The fourth-order valence-electron chi connectivity index (χ4n) is 2.18. The Morgan fingerprint density at radius 3 is 2.79 bits per heavy atom. The first-order valence-corrected chi connectivity index (χ1v) is 7.50. The number of methoxy groups -OCH3 is 2. The van der Waals surface area contributed by atoms with Gasteiger partial charge in [0, 0.05) is 5.56 Å². The number of oxime groups is 1. The summed E-state index contributed by atoms with van der Waals surface area (Å²) >= 11 is 6.13. The summed E-state index contributed by atoms with van der Waals surface area (Å²) in [5.41, 5.74) is 2.22. The molecule has 3 rings (SSSR count). The highest BCUT2D eigenvalue weighted by Gasteiger charge is 2.10. The van der Waals surface area contributed by atoms with E-state index in [9.17, 15) is 0 Å². The van der Waals surface area contributed by atoms with Crippen molar-refractivity contribution in [3.63, 3.8) is 0 Å². The Labute approximate surface area is 143 Å². The summed E-state index contributed by atoms with van der Waals surface area (Å²) < 4.78 is 15.9. The van der Waals surface area contributed by atoms with E-state index in [-0.39, 0.29) is 6.61 Å². The van der Waals surface area contributed by atoms with Crippen LogP contribution in [0.1, 0.15) is 11.5 Å².